The van der Waals surface area contributed by atoms with Gasteiger partial charge in [-0.25, -0.2) is 4.98 Å². The number of benzene rings is 1. The van der Waals surface area contributed by atoms with Gasteiger partial charge in [0.15, 0.2) is 0 Å². The van der Waals surface area contributed by atoms with Crippen molar-refractivity contribution >= 4 is 23.2 Å². The van der Waals surface area contributed by atoms with Gasteiger partial charge in [0.1, 0.15) is 5.69 Å². The standard InChI is InChI=1S/C14H14ClN3O/c1-18(9-10-4-2-3-5-12(10)16)14(19)13-7-6-11(15)8-17-13/h2-8H,9,16H2,1H3. The van der Waals surface area contributed by atoms with Crippen LogP contribution in [0.5, 0.6) is 0 Å². The van der Waals surface area contributed by atoms with Crippen molar-refractivity contribution in [3.05, 3.63) is 58.9 Å². The van der Waals surface area contributed by atoms with E-state index in [9.17, 15) is 4.79 Å². The molecule has 0 aliphatic heterocycles. The quantitative estimate of drug-likeness (QED) is 0.876. The van der Waals surface area contributed by atoms with Crippen LogP contribution >= 0.6 is 11.6 Å². The van der Waals surface area contributed by atoms with E-state index in [0.29, 0.717) is 22.9 Å². The van der Waals surface area contributed by atoms with Crippen LogP contribution in [0.15, 0.2) is 42.6 Å². The molecule has 0 saturated heterocycles. The molecule has 4 nitrogen and oxygen atoms in total. The molecule has 0 saturated carbocycles. The van der Waals surface area contributed by atoms with E-state index >= 15 is 0 Å². The molecule has 2 rings (SSSR count). The molecule has 0 aliphatic rings. The monoisotopic (exact) mass is 275 g/mol. The van der Waals surface area contributed by atoms with Crippen LogP contribution in [0, 0.1) is 0 Å². The molecule has 0 spiro atoms. The molecule has 19 heavy (non-hydrogen) atoms. The van der Waals surface area contributed by atoms with Crippen LogP contribution < -0.4 is 5.73 Å². The molecule has 5 heteroatoms. The second-order valence-electron chi connectivity index (χ2n) is 4.22. The zero-order valence-electron chi connectivity index (χ0n) is 10.5. The van der Waals surface area contributed by atoms with Gasteiger partial charge in [-0.15, -0.1) is 0 Å². The van der Waals surface area contributed by atoms with Crippen LogP contribution in [0.3, 0.4) is 0 Å². The summed E-state index contributed by atoms with van der Waals surface area (Å²) < 4.78 is 0. The number of nitrogens with two attached hydrogens (primary N) is 1. The van der Waals surface area contributed by atoms with Gasteiger partial charge in [-0.3, -0.25) is 4.79 Å². The second-order valence-corrected chi connectivity index (χ2v) is 4.66. The Labute approximate surface area is 116 Å². The van der Waals surface area contributed by atoms with Crippen LogP contribution in [0.2, 0.25) is 5.02 Å². The van der Waals surface area contributed by atoms with E-state index in [1.54, 1.807) is 24.1 Å². The fourth-order valence-electron chi connectivity index (χ4n) is 1.70. The average molecular weight is 276 g/mol. The third-order valence-corrected chi connectivity index (χ3v) is 2.98. The number of hydrogen-bond acceptors (Lipinski definition) is 3. The van der Waals surface area contributed by atoms with Crippen molar-refractivity contribution in [1.82, 2.24) is 9.88 Å². The third-order valence-electron chi connectivity index (χ3n) is 2.76. The largest absolute Gasteiger partial charge is 0.398 e. The lowest BCUT2D eigenvalue weighted by molar-refractivity contribution is 0.0779. The van der Waals surface area contributed by atoms with Crippen molar-refractivity contribution in [3.8, 4) is 0 Å². The highest BCUT2D eigenvalue weighted by Crippen LogP contribution is 2.14. The SMILES string of the molecule is CN(Cc1ccccc1N)C(=O)c1ccc(Cl)cn1. The number of anilines is 1. The maximum atomic E-state index is 12.2. The van der Waals surface area contributed by atoms with Crippen molar-refractivity contribution in [2.45, 2.75) is 6.54 Å². The van der Waals surface area contributed by atoms with Gasteiger partial charge >= 0.3 is 0 Å². The Morgan fingerprint density at radius 3 is 2.68 bits per heavy atom. The fraction of sp³-hybridized carbons (Fsp3) is 0.143. The third kappa shape index (κ3) is 3.23. The van der Waals surface area contributed by atoms with Crippen molar-refractivity contribution in [1.29, 1.82) is 0 Å². The van der Waals surface area contributed by atoms with Gasteiger partial charge in [0.25, 0.3) is 5.91 Å². The highest BCUT2D eigenvalue weighted by molar-refractivity contribution is 6.30. The van der Waals surface area contributed by atoms with Gasteiger partial charge in [0.05, 0.1) is 5.02 Å². The van der Waals surface area contributed by atoms with E-state index in [1.165, 1.54) is 6.20 Å². The zero-order valence-corrected chi connectivity index (χ0v) is 11.3. The molecule has 1 amide bonds. The van der Waals surface area contributed by atoms with Gasteiger partial charge in [0.2, 0.25) is 0 Å². The number of carbonyl (C=O) groups excluding carboxylic acids is 1. The Morgan fingerprint density at radius 2 is 2.05 bits per heavy atom. The van der Waals surface area contributed by atoms with Crippen molar-refractivity contribution in [2.24, 2.45) is 0 Å². The first-order valence-corrected chi connectivity index (χ1v) is 6.16. The second kappa shape index (κ2) is 5.71. The molecular formula is C14H14ClN3O. The lowest BCUT2D eigenvalue weighted by atomic mass is 10.1. The number of amides is 1. The van der Waals surface area contributed by atoms with Crippen molar-refractivity contribution in [3.63, 3.8) is 0 Å². The minimum Gasteiger partial charge on any atom is -0.398 e. The summed E-state index contributed by atoms with van der Waals surface area (Å²) >= 11 is 5.74. The average Bonchev–Trinajstić information content (AvgIpc) is 2.41. The molecule has 0 unspecified atom stereocenters. The van der Waals surface area contributed by atoms with E-state index in [-0.39, 0.29) is 5.91 Å². The number of pyridine rings is 1. The predicted molar refractivity (Wildman–Crippen MR) is 75.9 cm³/mol. The highest BCUT2D eigenvalue weighted by Gasteiger charge is 2.14. The van der Waals surface area contributed by atoms with Crippen LogP contribution in [0.4, 0.5) is 5.69 Å². The summed E-state index contributed by atoms with van der Waals surface area (Å²) in [5, 5.41) is 0.506. The Hall–Kier alpha value is -2.07. The number of para-hydroxylation sites is 1. The van der Waals surface area contributed by atoms with Gasteiger partial charge in [-0.05, 0) is 23.8 Å². The highest BCUT2D eigenvalue weighted by atomic mass is 35.5. The number of nitrogen functional groups attached to an aromatic ring is 1. The van der Waals surface area contributed by atoms with Crippen LogP contribution in [-0.2, 0) is 6.54 Å². The summed E-state index contributed by atoms with van der Waals surface area (Å²) in [7, 11) is 1.71. The lowest BCUT2D eigenvalue weighted by Gasteiger charge is -2.17. The first-order valence-electron chi connectivity index (χ1n) is 5.78. The molecule has 98 valence electrons. The van der Waals surface area contributed by atoms with Crippen molar-refractivity contribution in [2.75, 3.05) is 12.8 Å². The van der Waals surface area contributed by atoms with Gasteiger partial charge < -0.3 is 10.6 Å². The van der Waals surface area contributed by atoms with E-state index < -0.39 is 0 Å². The molecule has 1 heterocycles. The van der Waals surface area contributed by atoms with Crippen LogP contribution in [-0.4, -0.2) is 22.8 Å². The molecule has 1 aromatic carbocycles. The molecule has 0 bridgehead atoms. The Balaban J connectivity index is 2.12. The van der Waals surface area contributed by atoms with E-state index in [0.717, 1.165) is 5.56 Å². The Morgan fingerprint density at radius 1 is 1.32 bits per heavy atom. The van der Waals surface area contributed by atoms with Gasteiger partial charge in [-0.1, -0.05) is 29.8 Å². The first kappa shape index (κ1) is 13.4. The molecule has 0 radical (unpaired) electrons. The lowest BCUT2D eigenvalue weighted by Crippen LogP contribution is -2.27. The Kier molecular flexibility index (Phi) is 4.02. The summed E-state index contributed by atoms with van der Waals surface area (Å²) in [5.41, 5.74) is 7.80. The van der Waals surface area contributed by atoms with E-state index in [4.69, 9.17) is 17.3 Å². The first-order chi connectivity index (χ1) is 9.08. The summed E-state index contributed by atoms with van der Waals surface area (Å²) in [6.45, 7) is 0.440. The Bertz CT molecular complexity index is 583. The molecular weight excluding hydrogens is 262 g/mol. The normalized spacial score (nSPS) is 10.2. The number of rotatable bonds is 3. The predicted octanol–water partition coefficient (Wildman–Crippen LogP) is 2.59. The topological polar surface area (TPSA) is 59.2 Å². The van der Waals surface area contributed by atoms with E-state index in [1.807, 2.05) is 24.3 Å². The minimum atomic E-state index is -0.167. The maximum Gasteiger partial charge on any atom is 0.272 e. The van der Waals surface area contributed by atoms with Crippen molar-refractivity contribution < 1.29 is 4.79 Å². The van der Waals surface area contributed by atoms with Crippen LogP contribution in [0.1, 0.15) is 16.1 Å². The molecule has 1 aromatic heterocycles. The maximum absolute atomic E-state index is 12.2. The zero-order chi connectivity index (χ0) is 13.8. The minimum absolute atomic E-state index is 0.167. The van der Waals surface area contributed by atoms with E-state index in [2.05, 4.69) is 4.98 Å². The fourth-order valence-corrected chi connectivity index (χ4v) is 1.82. The number of aromatic nitrogens is 1. The summed E-state index contributed by atoms with van der Waals surface area (Å²) in [6.07, 6.45) is 1.46. The number of hydrogen-bond donors (Lipinski definition) is 1. The van der Waals surface area contributed by atoms with Crippen LogP contribution in [0.25, 0.3) is 0 Å². The summed E-state index contributed by atoms with van der Waals surface area (Å²) in [6, 6.07) is 10.7. The number of nitrogens with zero attached hydrogens (tertiary/aromatic N) is 2. The summed E-state index contributed by atoms with van der Waals surface area (Å²) in [5.74, 6) is -0.167. The molecule has 0 aliphatic carbocycles. The molecule has 2 aromatic rings. The molecule has 0 fully saturated rings. The molecule has 2 N–H and O–H groups in total. The molecule has 0 atom stereocenters. The van der Waals surface area contributed by atoms with Gasteiger partial charge in [0, 0.05) is 25.5 Å². The van der Waals surface area contributed by atoms with Gasteiger partial charge in [-0.2, -0.15) is 0 Å². The number of halogens is 1. The summed E-state index contributed by atoms with van der Waals surface area (Å²) in [4.78, 5) is 17.7. The smallest absolute Gasteiger partial charge is 0.272 e. The number of carbonyl (C=O) groups is 1.